The van der Waals surface area contributed by atoms with Crippen LogP contribution in [0, 0.1) is 5.41 Å². The van der Waals surface area contributed by atoms with Gasteiger partial charge in [0.1, 0.15) is 4.21 Å². The van der Waals surface area contributed by atoms with Crippen LogP contribution >= 0.6 is 11.3 Å². The molecule has 0 amide bonds. The largest absolute Gasteiger partial charge is 0.330 e. The van der Waals surface area contributed by atoms with Crippen LogP contribution in [0.2, 0.25) is 0 Å². The maximum absolute atomic E-state index is 12.3. The third-order valence-corrected chi connectivity index (χ3v) is 6.74. The molecule has 0 spiro atoms. The molecule has 1 aromatic heterocycles. The molecule has 0 bridgehead atoms. The highest BCUT2D eigenvalue weighted by Crippen LogP contribution is 2.37. The van der Waals surface area contributed by atoms with E-state index in [1.54, 1.807) is 6.07 Å². The van der Waals surface area contributed by atoms with E-state index < -0.39 is 10.0 Å². The van der Waals surface area contributed by atoms with E-state index >= 15 is 0 Å². The molecule has 1 aromatic rings. The molecule has 1 heterocycles. The van der Waals surface area contributed by atoms with Gasteiger partial charge in [0.25, 0.3) is 0 Å². The summed E-state index contributed by atoms with van der Waals surface area (Å²) in [6.45, 7) is 4.92. The van der Waals surface area contributed by atoms with Crippen molar-refractivity contribution < 1.29 is 8.42 Å². The van der Waals surface area contributed by atoms with Gasteiger partial charge in [0.2, 0.25) is 10.0 Å². The van der Waals surface area contributed by atoms with Crippen molar-refractivity contribution in [2.24, 2.45) is 11.1 Å². The van der Waals surface area contributed by atoms with Crippen molar-refractivity contribution in [1.29, 1.82) is 0 Å². The van der Waals surface area contributed by atoms with E-state index in [1.807, 2.05) is 6.07 Å². The number of sulfonamides is 1. The summed E-state index contributed by atoms with van der Waals surface area (Å²) in [5, 5.41) is 0. The predicted octanol–water partition coefficient (Wildman–Crippen LogP) is 2.11. The summed E-state index contributed by atoms with van der Waals surface area (Å²) in [4.78, 5) is 1.02. The number of hydrogen-bond acceptors (Lipinski definition) is 4. The molecule has 1 fully saturated rings. The van der Waals surface area contributed by atoms with E-state index in [9.17, 15) is 8.42 Å². The molecule has 0 radical (unpaired) electrons. The fraction of sp³-hybridized carbons (Fsp3) is 0.692. The standard InChI is InChI=1S/C13H22N2O2S2/c1-13(2)7-5-10(9-13)15-19(16,17)12-4-3-11(18-12)6-8-14/h3-4,10,15H,5-9,14H2,1-2H3. The van der Waals surface area contributed by atoms with Crippen molar-refractivity contribution >= 4 is 21.4 Å². The van der Waals surface area contributed by atoms with Crippen LogP contribution in [0.3, 0.4) is 0 Å². The van der Waals surface area contributed by atoms with Crippen molar-refractivity contribution in [3.8, 4) is 0 Å². The summed E-state index contributed by atoms with van der Waals surface area (Å²) < 4.78 is 27.8. The molecule has 1 aliphatic rings. The molecule has 0 saturated heterocycles. The summed E-state index contributed by atoms with van der Waals surface area (Å²) in [7, 11) is -3.36. The third-order valence-electron chi connectivity index (χ3n) is 3.58. The molecule has 0 aliphatic heterocycles. The molecule has 3 N–H and O–H groups in total. The minimum Gasteiger partial charge on any atom is -0.330 e. The van der Waals surface area contributed by atoms with Gasteiger partial charge in [-0.25, -0.2) is 13.1 Å². The molecular weight excluding hydrogens is 280 g/mol. The number of thiophene rings is 1. The lowest BCUT2D eigenvalue weighted by atomic mass is 9.92. The van der Waals surface area contributed by atoms with Gasteiger partial charge in [-0.3, -0.25) is 0 Å². The maximum Gasteiger partial charge on any atom is 0.250 e. The van der Waals surface area contributed by atoms with Crippen LogP contribution in [0.5, 0.6) is 0 Å². The maximum atomic E-state index is 12.3. The van der Waals surface area contributed by atoms with Gasteiger partial charge in [-0.15, -0.1) is 11.3 Å². The van der Waals surface area contributed by atoms with Crippen molar-refractivity contribution in [3.63, 3.8) is 0 Å². The van der Waals surface area contributed by atoms with Gasteiger partial charge in [0, 0.05) is 10.9 Å². The fourth-order valence-electron chi connectivity index (χ4n) is 2.59. The summed E-state index contributed by atoms with van der Waals surface area (Å²) in [5.41, 5.74) is 5.73. The van der Waals surface area contributed by atoms with Crippen LogP contribution in [0.25, 0.3) is 0 Å². The second kappa shape index (κ2) is 5.52. The lowest BCUT2D eigenvalue weighted by molar-refractivity contribution is 0.372. The highest BCUT2D eigenvalue weighted by atomic mass is 32.2. The lowest BCUT2D eigenvalue weighted by Crippen LogP contribution is -2.33. The zero-order chi connectivity index (χ0) is 14.1. The molecular formula is C13H22N2O2S2. The topological polar surface area (TPSA) is 72.2 Å². The zero-order valence-electron chi connectivity index (χ0n) is 11.5. The van der Waals surface area contributed by atoms with Crippen LogP contribution in [0.15, 0.2) is 16.3 Å². The quantitative estimate of drug-likeness (QED) is 0.875. The summed E-state index contributed by atoms with van der Waals surface area (Å²) >= 11 is 1.32. The fourth-order valence-corrected chi connectivity index (χ4v) is 5.25. The number of nitrogens with one attached hydrogen (secondary N) is 1. The number of rotatable bonds is 5. The van der Waals surface area contributed by atoms with Crippen LogP contribution in [-0.2, 0) is 16.4 Å². The Labute approximate surface area is 119 Å². The van der Waals surface area contributed by atoms with Crippen LogP contribution in [0.4, 0.5) is 0 Å². The SMILES string of the molecule is CC1(C)CCC(NS(=O)(=O)c2ccc(CCN)s2)C1. The van der Waals surface area contributed by atoms with E-state index in [2.05, 4.69) is 18.6 Å². The Hall–Kier alpha value is -0.430. The lowest BCUT2D eigenvalue weighted by Gasteiger charge is -2.17. The summed E-state index contributed by atoms with van der Waals surface area (Å²) in [6.07, 6.45) is 3.64. The average Bonchev–Trinajstić information content (AvgIpc) is 2.86. The molecule has 1 saturated carbocycles. The zero-order valence-corrected chi connectivity index (χ0v) is 13.1. The smallest absolute Gasteiger partial charge is 0.250 e. The predicted molar refractivity (Wildman–Crippen MR) is 78.8 cm³/mol. The second-order valence-corrected chi connectivity index (χ2v) is 9.09. The highest BCUT2D eigenvalue weighted by molar-refractivity contribution is 7.91. The van der Waals surface area contributed by atoms with E-state index in [0.29, 0.717) is 10.8 Å². The van der Waals surface area contributed by atoms with Crippen molar-refractivity contribution in [3.05, 3.63) is 17.0 Å². The normalized spacial score (nSPS) is 22.8. The third kappa shape index (κ3) is 3.78. The molecule has 108 valence electrons. The molecule has 2 rings (SSSR count). The van der Waals surface area contributed by atoms with Crippen LogP contribution in [-0.4, -0.2) is 21.0 Å². The van der Waals surface area contributed by atoms with Gasteiger partial charge in [-0.1, -0.05) is 13.8 Å². The van der Waals surface area contributed by atoms with Crippen molar-refractivity contribution in [2.45, 2.75) is 49.8 Å². The molecule has 6 heteroatoms. The van der Waals surface area contributed by atoms with E-state index in [1.165, 1.54) is 11.3 Å². The van der Waals surface area contributed by atoms with Crippen molar-refractivity contribution in [1.82, 2.24) is 4.72 Å². The number of nitrogens with two attached hydrogens (primary N) is 1. The summed E-state index contributed by atoms with van der Waals surface area (Å²) in [5.74, 6) is 0. The Morgan fingerprint density at radius 3 is 2.79 bits per heavy atom. The minimum absolute atomic E-state index is 0.0695. The molecule has 4 nitrogen and oxygen atoms in total. The Morgan fingerprint density at radius 2 is 2.21 bits per heavy atom. The average molecular weight is 302 g/mol. The van der Waals surface area contributed by atoms with Crippen LogP contribution in [0.1, 0.15) is 38.0 Å². The van der Waals surface area contributed by atoms with Gasteiger partial charge < -0.3 is 5.73 Å². The Morgan fingerprint density at radius 1 is 1.47 bits per heavy atom. The van der Waals surface area contributed by atoms with Gasteiger partial charge in [-0.2, -0.15) is 0 Å². The van der Waals surface area contributed by atoms with E-state index in [0.717, 1.165) is 30.6 Å². The molecule has 0 aromatic carbocycles. The van der Waals surface area contributed by atoms with Gasteiger partial charge in [0.15, 0.2) is 0 Å². The van der Waals surface area contributed by atoms with Gasteiger partial charge >= 0.3 is 0 Å². The second-order valence-electron chi connectivity index (χ2n) is 5.98. The summed E-state index contributed by atoms with van der Waals surface area (Å²) in [6, 6.07) is 3.60. The first kappa shape index (κ1) is 15.0. The number of hydrogen-bond donors (Lipinski definition) is 2. The van der Waals surface area contributed by atoms with Crippen LogP contribution < -0.4 is 10.5 Å². The minimum atomic E-state index is -3.36. The van der Waals surface area contributed by atoms with Gasteiger partial charge in [0.05, 0.1) is 0 Å². The van der Waals surface area contributed by atoms with Crippen molar-refractivity contribution in [2.75, 3.05) is 6.54 Å². The molecule has 1 unspecified atom stereocenters. The van der Waals surface area contributed by atoms with Gasteiger partial charge in [-0.05, 0) is 49.8 Å². The molecule has 1 atom stereocenters. The monoisotopic (exact) mass is 302 g/mol. The first-order valence-corrected chi connectivity index (χ1v) is 8.93. The highest BCUT2D eigenvalue weighted by Gasteiger charge is 2.33. The Bertz CT molecular complexity index is 535. The Balaban J connectivity index is 2.05. The first-order chi connectivity index (χ1) is 8.82. The Kier molecular flexibility index (Phi) is 4.35. The first-order valence-electron chi connectivity index (χ1n) is 6.63. The van der Waals surface area contributed by atoms with E-state index in [-0.39, 0.29) is 11.5 Å². The molecule has 19 heavy (non-hydrogen) atoms. The molecule has 1 aliphatic carbocycles. The van der Waals surface area contributed by atoms with E-state index in [4.69, 9.17) is 5.73 Å².